The molecule has 0 heterocycles. The van der Waals surface area contributed by atoms with Gasteiger partial charge in [-0.2, -0.15) is 13.2 Å². The van der Waals surface area contributed by atoms with Crippen LogP contribution in [0.2, 0.25) is 5.02 Å². The Morgan fingerprint density at radius 1 is 1.39 bits per heavy atom. The highest BCUT2D eigenvalue weighted by Crippen LogP contribution is 2.60. The minimum absolute atomic E-state index is 0.0361. The molecule has 0 unspecified atom stereocenters. The number of hydrogen-bond acceptors (Lipinski definition) is 2. The van der Waals surface area contributed by atoms with Gasteiger partial charge in [-0.3, -0.25) is 10.2 Å². The molecule has 0 spiro atoms. The van der Waals surface area contributed by atoms with E-state index in [1.54, 1.807) is 0 Å². The molecule has 18 heavy (non-hydrogen) atoms. The van der Waals surface area contributed by atoms with E-state index in [-0.39, 0.29) is 29.0 Å². The predicted molar refractivity (Wildman–Crippen MR) is 60.1 cm³/mol. The lowest BCUT2D eigenvalue weighted by molar-refractivity contribution is -0.160. The van der Waals surface area contributed by atoms with Crippen LogP contribution in [0.4, 0.5) is 13.2 Å². The lowest BCUT2D eigenvalue weighted by atomic mass is 9.90. The van der Waals surface area contributed by atoms with Crippen LogP contribution in [0.1, 0.15) is 28.8 Å². The number of alkyl halides is 3. The van der Waals surface area contributed by atoms with Gasteiger partial charge < -0.3 is 0 Å². The number of rotatable bonds is 2. The van der Waals surface area contributed by atoms with Gasteiger partial charge >= 0.3 is 6.18 Å². The molecule has 7 heteroatoms. The monoisotopic (exact) mass is 278 g/mol. The number of nitrogen functional groups attached to an aromatic ring is 1. The summed E-state index contributed by atoms with van der Waals surface area (Å²) in [4.78, 5) is 11.6. The predicted octanol–water partition coefficient (Wildman–Crippen LogP) is 2.54. The molecular weight excluding hydrogens is 269 g/mol. The highest BCUT2D eigenvalue weighted by Gasteiger charge is 2.65. The average Bonchev–Trinajstić information content (AvgIpc) is 3.08. The van der Waals surface area contributed by atoms with Crippen LogP contribution in [-0.2, 0) is 5.41 Å². The zero-order valence-corrected chi connectivity index (χ0v) is 9.90. The van der Waals surface area contributed by atoms with E-state index >= 15 is 0 Å². The van der Waals surface area contributed by atoms with Crippen molar-refractivity contribution in [2.45, 2.75) is 24.4 Å². The van der Waals surface area contributed by atoms with Crippen LogP contribution in [0.5, 0.6) is 0 Å². The van der Waals surface area contributed by atoms with Crippen LogP contribution < -0.4 is 11.3 Å². The molecule has 0 radical (unpaired) electrons. The van der Waals surface area contributed by atoms with Crippen molar-refractivity contribution < 1.29 is 18.0 Å². The molecule has 1 saturated carbocycles. The number of amides is 1. The van der Waals surface area contributed by atoms with E-state index in [0.717, 1.165) is 0 Å². The van der Waals surface area contributed by atoms with Crippen LogP contribution >= 0.6 is 11.6 Å². The summed E-state index contributed by atoms with van der Waals surface area (Å²) in [6.07, 6.45) is -4.48. The van der Waals surface area contributed by atoms with Gasteiger partial charge in [0.2, 0.25) is 0 Å². The van der Waals surface area contributed by atoms with Gasteiger partial charge in [-0.05, 0) is 24.5 Å². The number of benzene rings is 1. The fraction of sp³-hybridized carbons (Fsp3) is 0.364. The van der Waals surface area contributed by atoms with Gasteiger partial charge in [0, 0.05) is 0 Å². The van der Waals surface area contributed by atoms with E-state index in [2.05, 4.69) is 0 Å². The number of hydrazine groups is 1. The molecule has 3 nitrogen and oxygen atoms in total. The first-order valence-electron chi connectivity index (χ1n) is 5.20. The van der Waals surface area contributed by atoms with Crippen molar-refractivity contribution in [1.29, 1.82) is 0 Å². The molecule has 1 aliphatic carbocycles. The Balaban J connectivity index is 2.59. The van der Waals surface area contributed by atoms with Crippen LogP contribution in [0.3, 0.4) is 0 Å². The summed E-state index contributed by atoms with van der Waals surface area (Å²) >= 11 is 5.80. The largest absolute Gasteiger partial charge is 0.398 e. The van der Waals surface area contributed by atoms with Crippen LogP contribution in [0, 0.1) is 0 Å². The third-order valence-electron chi connectivity index (χ3n) is 3.18. The van der Waals surface area contributed by atoms with Crippen molar-refractivity contribution in [2.75, 3.05) is 0 Å². The molecule has 0 saturated heterocycles. The number of hydrogen-bond donors (Lipinski definition) is 2. The molecule has 1 amide bonds. The Labute approximate surface area is 106 Å². The molecule has 0 aliphatic heterocycles. The van der Waals surface area contributed by atoms with Crippen molar-refractivity contribution >= 4 is 17.5 Å². The Kier molecular flexibility index (Phi) is 3.03. The number of carbonyl (C=O) groups is 1. The normalized spacial score (nSPS) is 17.4. The zero-order valence-electron chi connectivity index (χ0n) is 9.14. The van der Waals surface area contributed by atoms with Gasteiger partial charge in [0.25, 0.3) is 5.91 Å². The van der Waals surface area contributed by atoms with Gasteiger partial charge in [0.15, 0.2) is 0 Å². The minimum atomic E-state index is -4.40. The smallest absolute Gasteiger partial charge is 0.290 e. The van der Waals surface area contributed by atoms with Crippen molar-refractivity contribution in [3.05, 3.63) is 34.3 Å². The zero-order chi connectivity index (χ0) is 13.6. The van der Waals surface area contributed by atoms with Crippen LogP contribution in [0.15, 0.2) is 18.2 Å². The summed E-state index contributed by atoms with van der Waals surface area (Å²) in [6.45, 7) is 0. The molecule has 3 N–H and O–H groups in total. The Hall–Kier alpha value is -1.27. The molecule has 0 atom stereocenters. The van der Waals surface area contributed by atoms with E-state index < -0.39 is 17.5 Å². The van der Waals surface area contributed by atoms with E-state index in [0.29, 0.717) is 0 Å². The minimum Gasteiger partial charge on any atom is -0.290 e. The topological polar surface area (TPSA) is 55.1 Å². The van der Waals surface area contributed by atoms with E-state index in [1.165, 1.54) is 18.2 Å². The first-order chi connectivity index (χ1) is 8.33. The number of carbonyl (C=O) groups excluding carboxylic acids is 1. The summed E-state index contributed by atoms with van der Waals surface area (Å²) in [6, 6.07) is 4.04. The van der Waals surface area contributed by atoms with Crippen LogP contribution in [0.25, 0.3) is 0 Å². The van der Waals surface area contributed by atoms with E-state index in [4.69, 9.17) is 17.4 Å². The van der Waals surface area contributed by atoms with Crippen molar-refractivity contribution in [2.24, 2.45) is 5.84 Å². The van der Waals surface area contributed by atoms with Gasteiger partial charge in [-0.25, -0.2) is 5.84 Å². The number of nitrogens with one attached hydrogen (secondary N) is 1. The summed E-state index contributed by atoms with van der Waals surface area (Å²) in [7, 11) is 0. The molecule has 1 aromatic carbocycles. The molecule has 1 fully saturated rings. The second kappa shape index (κ2) is 4.13. The quantitative estimate of drug-likeness (QED) is 0.496. The second-order valence-electron chi connectivity index (χ2n) is 4.22. The maximum atomic E-state index is 13.1. The van der Waals surface area contributed by atoms with Gasteiger partial charge in [-0.1, -0.05) is 23.7 Å². The average molecular weight is 279 g/mol. The van der Waals surface area contributed by atoms with Crippen LogP contribution in [-0.4, -0.2) is 12.1 Å². The van der Waals surface area contributed by atoms with Crippen molar-refractivity contribution in [3.8, 4) is 0 Å². The highest BCUT2D eigenvalue weighted by atomic mass is 35.5. The fourth-order valence-electron chi connectivity index (χ4n) is 2.06. The summed E-state index contributed by atoms with van der Waals surface area (Å²) in [5.41, 5.74) is -0.439. The Morgan fingerprint density at radius 3 is 2.44 bits per heavy atom. The fourth-order valence-corrected chi connectivity index (χ4v) is 2.32. The van der Waals surface area contributed by atoms with Crippen molar-refractivity contribution in [1.82, 2.24) is 5.43 Å². The first-order valence-corrected chi connectivity index (χ1v) is 5.58. The molecule has 1 aromatic rings. The lowest BCUT2D eigenvalue weighted by Gasteiger charge is -2.22. The SMILES string of the molecule is NNC(=O)c1c(Cl)cccc1C1(C(F)(F)F)CC1. The third-order valence-corrected chi connectivity index (χ3v) is 3.49. The molecule has 98 valence electrons. The van der Waals surface area contributed by atoms with Gasteiger partial charge in [0.05, 0.1) is 16.0 Å². The lowest BCUT2D eigenvalue weighted by Crippen LogP contribution is -2.35. The molecule has 2 rings (SSSR count). The summed E-state index contributed by atoms with van der Waals surface area (Å²) in [5.74, 6) is 4.16. The number of nitrogens with two attached hydrogens (primary N) is 1. The Morgan fingerprint density at radius 2 is 2.00 bits per heavy atom. The molecular formula is C11H10ClF3N2O. The second-order valence-corrected chi connectivity index (χ2v) is 4.62. The third kappa shape index (κ3) is 1.85. The number of halogens is 4. The standard InChI is InChI=1S/C11H10ClF3N2O/c12-7-3-1-2-6(8(7)9(18)17-16)10(4-5-10)11(13,14)15/h1-3H,4-5,16H2,(H,17,18). The van der Waals surface area contributed by atoms with Crippen molar-refractivity contribution in [3.63, 3.8) is 0 Å². The Bertz CT molecular complexity index is 498. The maximum Gasteiger partial charge on any atom is 0.398 e. The maximum absolute atomic E-state index is 13.1. The van der Waals surface area contributed by atoms with Gasteiger partial charge in [0.1, 0.15) is 0 Å². The molecule has 1 aliphatic rings. The molecule has 0 bridgehead atoms. The van der Waals surface area contributed by atoms with E-state index in [1.807, 2.05) is 5.43 Å². The first kappa shape index (κ1) is 13.2. The summed E-state index contributed by atoms with van der Waals surface area (Å²) < 4.78 is 39.2. The molecule has 0 aromatic heterocycles. The van der Waals surface area contributed by atoms with Gasteiger partial charge in [-0.15, -0.1) is 0 Å². The van der Waals surface area contributed by atoms with E-state index in [9.17, 15) is 18.0 Å². The summed E-state index contributed by atoms with van der Waals surface area (Å²) in [5, 5.41) is -0.0361. The highest BCUT2D eigenvalue weighted by molar-refractivity contribution is 6.34.